The van der Waals surface area contributed by atoms with Crippen LogP contribution in [0.2, 0.25) is 0 Å². The average molecular weight is 304 g/mol. The number of carbonyl (C=O) groups excluding carboxylic acids is 1. The quantitative estimate of drug-likeness (QED) is 0.436. The fourth-order valence-corrected chi connectivity index (χ4v) is 2.05. The molecular formula is C15H20N4O3. The summed E-state index contributed by atoms with van der Waals surface area (Å²) in [5, 5.41) is 15.1. The smallest absolute Gasteiger partial charge is 0.326 e. The van der Waals surface area contributed by atoms with Crippen molar-refractivity contribution in [2.75, 3.05) is 0 Å². The summed E-state index contributed by atoms with van der Waals surface area (Å²) in [4.78, 5) is 26.1. The molecule has 0 spiro atoms. The first kappa shape index (κ1) is 17.5. The maximum atomic E-state index is 12.2. The molecule has 118 valence electrons. The Labute approximate surface area is 129 Å². The van der Waals surface area contributed by atoms with Crippen molar-refractivity contribution in [2.45, 2.75) is 38.8 Å². The average Bonchev–Trinajstić information content (AvgIpc) is 2.46. The lowest BCUT2D eigenvalue weighted by Gasteiger charge is -2.19. The predicted octanol–water partition coefficient (Wildman–Crippen LogP) is 2.52. The number of carboxylic acid groups (broad SMARTS) is 1. The lowest BCUT2D eigenvalue weighted by atomic mass is 10.0. The zero-order valence-corrected chi connectivity index (χ0v) is 12.6. The Bertz CT molecular complexity index is 553. The number of benzene rings is 1. The zero-order chi connectivity index (χ0) is 16.5. The summed E-state index contributed by atoms with van der Waals surface area (Å²) in [6.45, 7) is 3.74. The molecule has 0 fully saturated rings. The van der Waals surface area contributed by atoms with Crippen LogP contribution in [0.5, 0.6) is 0 Å². The van der Waals surface area contributed by atoms with Gasteiger partial charge in [-0.2, -0.15) is 0 Å². The first-order chi connectivity index (χ1) is 10.4. The van der Waals surface area contributed by atoms with E-state index in [1.165, 1.54) is 0 Å². The molecule has 0 aliphatic rings. The van der Waals surface area contributed by atoms with Crippen molar-refractivity contribution in [3.8, 4) is 0 Å². The van der Waals surface area contributed by atoms with Crippen LogP contribution in [-0.4, -0.2) is 29.1 Å². The molecule has 0 bridgehead atoms. The molecule has 0 unspecified atom stereocenters. The number of hydrogen-bond acceptors (Lipinski definition) is 3. The second-order valence-electron chi connectivity index (χ2n) is 5.44. The van der Waals surface area contributed by atoms with Crippen molar-refractivity contribution in [1.82, 2.24) is 5.32 Å². The van der Waals surface area contributed by atoms with Gasteiger partial charge in [-0.25, -0.2) is 4.79 Å². The molecule has 0 radical (unpaired) electrons. The Morgan fingerprint density at radius 3 is 2.45 bits per heavy atom. The Morgan fingerprint density at radius 1 is 1.32 bits per heavy atom. The number of nitrogens with one attached hydrogen (secondary N) is 1. The first-order valence-corrected chi connectivity index (χ1v) is 7.05. The fraction of sp³-hybridized carbons (Fsp3) is 0.467. The number of nitrogens with zero attached hydrogens (tertiary/aromatic N) is 3. The van der Waals surface area contributed by atoms with E-state index in [0.29, 0.717) is 6.42 Å². The maximum absolute atomic E-state index is 12.2. The second kappa shape index (κ2) is 8.69. The highest BCUT2D eigenvalue weighted by Gasteiger charge is 2.25. The normalized spacial score (nSPS) is 13.0. The Kier molecular flexibility index (Phi) is 6.92. The van der Waals surface area contributed by atoms with Crippen LogP contribution in [0.1, 0.15) is 25.8 Å². The molecule has 7 nitrogen and oxygen atoms in total. The highest BCUT2D eigenvalue weighted by atomic mass is 16.4. The van der Waals surface area contributed by atoms with Gasteiger partial charge in [0, 0.05) is 4.91 Å². The molecule has 0 saturated heterocycles. The molecule has 0 aliphatic carbocycles. The highest BCUT2D eigenvalue weighted by Crippen LogP contribution is 2.09. The van der Waals surface area contributed by atoms with Crippen LogP contribution in [0.25, 0.3) is 10.4 Å². The standard InChI is InChI=1S/C15H20N4O3/c1-10(2)8-13(15(21)22)17-14(20)12(18-19-16)9-11-6-4-3-5-7-11/h3-7,10,12-13H,8-9H2,1-2H3,(H,17,20)(H,21,22)/t12-,13-/m0/s1. The topological polar surface area (TPSA) is 115 Å². The number of rotatable bonds is 8. The lowest BCUT2D eigenvalue weighted by Crippen LogP contribution is -2.46. The third-order valence-electron chi connectivity index (χ3n) is 3.09. The van der Waals surface area contributed by atoms with Gasteiger partial charge in [0.15, 0.2) is 0 Å². The summed E-state index contributed by atoms with van der Waals surface area (Å²) < 4.78 is 0. The zero-order valence-electron chi connectivity index (χ0n) is 12.6. The van der Waals surface area contributed by atoms with Crippen LogP contribution < -0.4 is 5.32 Å². The summed E-state index contributed by atoms with van der Waals surface area (Å²) in [7, 11) is 0. The molecule has 2 N–H and O–H groups in total. The van der Waals surface area contributed by atoms with E-state index < -0.39 is 24.0 Å². The summed E-state index contributed by atoms with van der Waals surface area (Å²) in [6, 6.07) is 7.15. The van der Waals surface area contributed by atoms with E-state index in [1.54, 1.807) is 0 Å². The van der Waals surface area contributed by atoms with Crippen molar-refractivity contribution < 1.29 is 14.7 Å². The number of hydrogen-bond donors (Lipinski definition) is 2. The largest absolute Gasteiger partial charge is 0.480 e. The van der Waals surface area contributed by atoms with E-state index in [1.807, 2.05) is 44.2 Å². The minimum Gasteiger partial charge on any atom is -0.480 e. The first-order valence-electron chi connectivity index (χ1n) is 7.05. The second-order valence-corrected chi connectivity index (χ2v) is 5.44. The molecular weight excluding hydrogens is 284 g/mol. The summed E-state index contributed by atoms with van der Waals surface area (Å²) in [5.74, 6) is -1.55. The highest BCUT2D eigenvalue weighted by molar-refractivity contribution is 5.87. The molecule has 0 heterocycles. The Morgan fingerprint density at radius 2 is 1.95 bits per heavy atom. The van der Waals surface area contributed by atoms with Gasteiger partial charge >= 0.3 is 5.97 Å². The molecule has 2 atom stereocenters. The van der Waals surface area contributed by atoms with Crippen molar-refractivity contribution in [3.63, 3.8) is 0 Å². The fourth-order valence-electron chi connectivity index (χ4n) is 2.05. The van der Waals surface area contributed by atoms with Crippen LogP contribution in [0.3, 0.4) is 0 Å². The van der Waals surface area contributed by atoms with Gasteiger partial charge < -0.3 is 10.4 Å². The van der Waals surface area contributed by atoms with Gasteiger partial charge in [-0.05, 0) is 29.9 Å². The lowest BCUT2D eigenvalue weighted by molar-refractivity contribution is -0.142. The van der Waals surface area contributed by atoms with Gasteiger partial charge in [-0.15, -0.1) is 0 Å². The molecule has 0 saturated carbocycles. The molecule has 7 heteroatoms. The monoisotopic (exact) mass is 304 g/mol. The third kappa shape index (κ3) is 5.85. The maximum Gasteiger partial charge on any atom is 0.326 e. The van der Waals surface area contributed by atoms with E-state index in [4.69, 9.17) is 10.6 Å². The van der Waals surface area contributed by atoms with Gasteiger partial charge in [-0.3, -0.25) is 4.79 Å². The van der Waals surface area contributed by atoms with Gasteiger partial charge in [0.1, 0.15) is 12.1 Å². The number of azide groups is 1. The van der Waals surface area contributed by atoms with Crippen LogP contribution in [0.4, 0.5) is 0 Å². The molecule has 22 heavy (non-hydrogen) atoms. The number of aliphatic carboxylic acids is 1. The SMILES string of the molecule is CC(C)C[C@H](NC(=O)[C@H](Cc1ccccc1)N=[N+]=[N-])C(=O)O. The number of carboxylic acids is 1. The molecule has 1 aromatic rings. The van der Waals surface area contributed by atoms with E-state index >= 15 is 0 Å². The van der Waals surface area contributed by atoms with Crippen molar-refractivity contribution in [3.05, 3.63) is 46.3 Å². The van der Waals surface area contributed by atoms with E-state index in [2.05, 4.69) is 15.3 Å². The van der Waals surface area contributed by atoms with Crippen molar-refractivity contribution >= 4 is 11.9 Å². The molecule has 0 aliphatic heterocycles. The Hall–Kier alpha value is -2.53. The molecule has 1 amide bonds. The Balaban J connectivity index is 2.80. The van der Waals surface area contributed by atoms with E-state index in [9.17, 15) is 9.59 Å². The van der Waals surface area contributed by atoms with Crippen molar-refractivity contribution in [2.24, 2.45) is 11.0 Å². The minimum absolute atomic E-state index is 0.119. The van der Waals surface area contributed by atoms with Crippen LogP contribution in [0, 0.1) is 5.92 Å². The van der Waals surface area contributed by atoms with Crippen LogP contribution in [-0.2, 0) is 16.0 Å². The van der Waals surface area contributed by atoms with Gasteiger partial charge in [-0.1, -0.05) is 49.3 Å². The molecule has 1 aromatic carbocycles. The molecule has 0 aromatic heterocycles. The number of amides is 1. The minimum atomic E-state index is -1.10. The number of carbonyl (C=O) groups is 2. The summed E-state index contributed by atoms with van der Waals surface area (Å²) in [6.07, 6.45) is 0.542. The van der Waals surface area contributed by atoms with Crippen LogP contribution in [0.15, 0.2) is 35.4 Å². The third-order valence-corrected chi connectivity index (χ3v) is 3.09. The van der Waals surface area contributed by atoms with E-state index in [0.717, 1.165) is 5.56 Å². The predicted molar refractivity (Wildman–Crippen MR) is 82.1 cm³/mol. The van der Waals surface area contributed by atoms with Gasteiger partial charge in [0.05, 0.1) is 0 Å². The van der Waals surface area contributed by atoms with E-state index in [-0.39, 0.29) is 12.3 Å². The van der Waals surface area contributed by atoms with Gasteiger partial charge in [0.25, 0.3) is 0 Å². The van der Waals surface area contributed by atoms with Gasteiger partial charge in [0.2, 0.25) is 5.91 Å². The van der Waals surface area contributed by atoms with Crippen molar-refractivity contribution in [1.29, 1.82) is 0 Å². The summed E-state index contributed by atoms with van der Waals surface area (Å²) in [5.41, 5.74) is 9.45. The summed E-state index contributed by atoms with van der Waals surface area (Å²) >= 11 is 0. The molecule has 1 rings (SSSR count). The van der Waals surface area contributed by atoms with Crippen LogP contribution >= 0.6 is 0 Å².